The Labute approximate surface area is 170 Å². The number of amides is 3. The summed E-state index contributed by atoms with van der Waals surface area (Å²) in [5.74, 6) is 0.995. The molecule has 8 nitrogen and oxygen atoms in total. The number of aromatic nitrogens is 1. The van der Waals surface area contributed by atoms with E-state index in [0.29, 0.717) is 17.9 Å². The highest BCUT2D eigenvalue weighted by molar-refractivity contribution is 5.91. The Morgan fingerprint density at radius 1 is 1.03 bits per heavy atom. The van der Waals surface area contributed by atoms with E-state index in [4.69, 9.17) is 0 Å². The number of benzene rings is 1. The second-order valence-corrected chi connectivity index (χ2v) is 6.93. The van der Waals surface area contributed by atoms with Crippen LogP contribution in [0, 0.1) is 0 Å². The van der Waals surface area contributed by atoms with E-state index in [1.165, 1.54) is 32.8 Å². The molecule has 1 aromatic carbocycles. The number of pyridine rings is 1. The molecule has 0 bridgehead atoms. The molecule has 154 valence electrons. The van der Waals surface area contributed by atoms with Crippen LogP contribution in [0.1, 0.15) is 31.2 Å². The van der Waals surface area contributed by atoms with Crippen LogP contribution in [0.3, 0.4) is 0 Å². The van der Waals surface area contributed by atoms with Crippen molar-refractivity contribution in [2.75, 3.05) is 35.7 Å². The minimum atomic E-state index is -0.567. The molecule has 29 heavy (non-hydrogen) atoms. The van der Waals surface area contributed by atoms with E-state index in [1.54, 1.807) is 30.5 Å². The molecule has 1 aliphatic heterocycles. The van der Waals surface area contributed by atoms with E-state index in [-0.39, 0.29) is 6.03 Å². The lowest BCUT2D eigenvalue weighted by Crippen LogP contribution is -2.28. The molecule has 0 saturated carbocycles. The van der Waals surface area contributed by atoms with Gasteiger partial charge in [0.05, 0.1) is 7.11 Å². The van der Waals surface area contributed by atoms with Crippen LogP contribution >= 0.6 is 0 Å². The van der Waals surface area contributed by atoms with Crippen LogP contribution < -0.4 is 20.9 Å². The highest BCUT2D eigenvalue weighted by Crippen LogP contribution is 2.18. The summed E-state index contributed by atoms with van der Waals surface area (Å²) < 4.78 is 4.56. The number of urea groups is 1. The SMILES string of the molecule is COC(=O)Nc1cccc(NC(=O)NCc2ccc(N3CCCCCC3)nc2)c1. The standard InChI is InChI=1S/C21H27N5O3/c1-29-21(28)25-18-8-6-7-17(13-18)24-20(27)23-15-16-9-10-19(22-14-16)26-11-4-2-3-5-12-26/h6-10,13-14H,2-5,11-12,15H2,1H3,(H,25,28)(H2,23,24,27). The lowest BCUT2D eigenvalue weighted by molar-refractivity contribution is 0.187. The number of nitrogens with one attached hydrogen (secondary N) is 3. The highest BCUT2D eigenvalue weighted by atomic mass is 16.5. The number of methoxy groups -OCH3 is 1. The van der Waals surface area contributed by atoms with E-state index in [9.17, 15) is 9.59 Å². The molecule has 0 unspecified atom stereocenters. The maximum atomic E-state index is 12.2. The number of rotatable bonds is 5. The molecule has 3 rings (SSSR count). The zero-order valence-electron chi connectivity index (χ0n) is 16.6. The minimum Gasteiger partial charge on any atom is -0.453 e. The molecule has 2 aromatic rings. The van der Waals surface area contributed by atoms with Gasteiger partial charge in [-0.05, 0) is 42.7 Å². The third kappa shape index (κ3) is 6.38. The van der Waals surface area contributed by atoms with Gasteiger partial charge in [0.2, 0.25) is 0 Å². The summed E-state index contributed by atoms with van der Waals surface area (Å²) in [6.45, 7) is 2.48. The Bertz CT molecular complexity index is 817. The van der Waals surface area contributed by atoms with Gasteiger partial charge >= 0.3 is 12.1 Å². The second kappa shape index (κ2) is 10.3. The van der Waals surface area contributed by atoms with Gasteiger partial charge in [-0.25, -0.2) is 14.6 Å². The summed E-state index contributed by atoms with van der Waals surface area (Å²) in [7, 11) is 1.29. The van der Waals surface area contributed by atoms with Gasteiger partial charge in [0.1, 0.15) is 5.82 Å². The van der Waals surface area contributed by atoms with E-state index in [2.05, 4.69) is 30.6 Å². The van der Waals surface area contributed by atoms with E-state index >= 15 is 0 Å². The second-order valence-electron chi connectivity index (χ2n) is 6.93. The van der Waals surface area contributed by atoms with Crippen molar-refractivity contribution >= 4 is 29.3 Å². The van der Waals surface area contributed by atoms with E-state index in [0.717, 1.165) is 24.5 Å². The zero-order chi connectivity index (χ0) is 20.5. The van der Waals surface area contributed by atoms with Crippen molar-refractivity contribution < 1.29 is 14.3 Å². The Kier molecular flexibility index (Phi) is 7.27. The van der Waals surface area contributed by atoms with Crippen molar-refractivity contribution in [1.29, 1.82) is 0 Å². The monoisotopic (exact) mass is 397 g/mol. The summed E-state index contributed by atoms with van der Waals surface area (Å²) in [5, 5.41) is 8.11. The maximum Gasteiger partial charge on any atom is 0.411 e. The maximum absolute atomic E-state index is 12.2. The molecule has 3 amide bonds. The van der Waals surface area contributed by atoms with Gasteiger partial charge in [0.15, 0.2) is 0 Å². The number of hydrogen-bond donors (Lipinski definition) is 3. The molecule has 2 heterocycles. The third-order valence-electron chi connectivity index (χ3n) is 4.74. The first-order valence-electron chi connectivity index (χ1n) is 9.84. The molecule has 3 N–H and O–H groups in total. The van der Waals surface area contributed by atoms with Crippen LogP contribution in [-0.4, -0.2) is 37.3 Å². The molecular formula is C21H27N5O3. The zero-order valence-corrected chi connectivity index (χ0v) is 16.6. The smallest absolute Gasteiger partial charge is 0.411 e. The topological polar surface area (TPSA) is 95.6 Å². The first-order chi connectivity index (χ1) is 14.1. The number of carbonyl (C=O) groups is 2. The largest absolute Gasteiger partial charge is 0.453 e. The Morgan fingerprint density at radius 3 is 2.41 bits per heavy atom. The average Bonchev–Trinajstić information content (AvgIpc) is 3.02. The van der Waals surface area contributed by atoms with Gasteiger partial charge in [0.25, 0.3) is 0 Å². The summed E-state index contributed by atoms with van der Waals surface area (Å²) in [5.41, 5.74) is 2.02. The molecule has 8 heteroatoms. The molecule has 1 fully saturated rings. The van der Waals surface area contributed by atoms with Crippen molar-refractivity contribution in [3.63, 3.8) is 0 Å². The fourth-order valence-corrected chi connectivity index (χ4v) is 3.21. The van der Waals surface area contributed by atoms with Crippen LogP contribution in [0.25, 0.3) is 0 Å². The summed E-state index contributed by atoms with van der Waals surface area (Å²) >= 11 is 0. The molecule has 0 aliphatic carbocycles. The van der Waals surface area contributed by atoms with Crippen LogP contribution in [0.15, 0.2) is 42.6 Å². The van der Waals surface area contributed by atoms with Crippen LogP contribution in [0.2, 0.25) is 0 Å². The predicted molar refractivity (Wildman–Crippen MR) is 113 cm³/mol. The number of ether oxygens (including phenoxy) is 1. The normalized spacial score (nSPS) is 13.9. The van der Waals surface area contributed by atoms with Crippen LogP contribution in [0.4, 0.5) is 26.8 Å². The summed E-state index contributed by atoms with van der Waals surface area (Å²) in [4.78, 5) is 30.3. The Morgan fingerprint density at radius 2 is 1.76 bits per heavy atom. The van der Waals surface area contributed by atoms with Gasteiger partial charge < -0.3 is 20.3 Å². The lowest BCUT2D eigenvalue weighted by Gasteiger charge is -2.21. The summed E-state index contributed by atoms with van der Waals surface area (Å²) in [6, 6.07) is 10.5. The number of nitrogens with zero attached hydrogens (tertiary/aromatic N) is 2. The van der Waals surface area contributed by atoms with Gasteiger partial charge in [-0.15, -0.1) is 0 Å². The first-order valence-corrected chi connectivity index (χ1v) is 9.84. The van der Waals surface area contributed by atoms with Gasteiger partial charge in [-0.2, -0.15) is 0 Å². The van der Waals surface area contributed by atoms with E-state index < -0.39 is 6.09 Å². The molecule has 0 spiro atoms. The van der Waals surface area contributed by atoms with Crippen molar-refractivity contribution in [3.8, 4) is 0 Å². The van der Waals surface area contributed by atoms with Crippen LogP contribution in [0.5, 0.6) is 0 Å². The quantitative estimate of drug-likeness (QED) is 0.710. The fourth-order valence-electron chi connectivity index (χ4n) is 3.21. The first kappa shape index (κ1) is 20.4. The number of carbonyl (C=O) groups excluding carboxylic acids is 2. The third-order valence-corrected chi connectivity index (χ3v) is 4.74. The highest BCUT2D eigenvalue weighted by Gasteiger charge is 2.11. The minimum absolute atomic E-state index is 0.336. The Balaban J connectivity index is 1.49. The van der Waals surface area contributed by atoms with Crippen LogP contribution in [-0.2, 0) is 11.3 Å². The van der Waals surface area contributed by atoms with Gasteiger partial charge in [-0.1, -0.05) is 25.0 Å². The lowest BCUT2D eigenvalue weighted by atomic mass is 10.2. The van der Waals surface area contributed by atoms with Crippen molar-refractivity contribution in [2.24, 2.45) is 0 Å². The van der Waals surface area contributed by atoms with Gasteiger partial charge in [0, 0.05) is 37.2 Å². The molecule has 1 saturated heterocycles. The van der Waals surface area contributed by atoms with Gasteiger partial charge in [-0.3, -0.25) is 5.32 Å². The molecule has 0 atom stereocenters. The number of anilines is 3. The number of hydrogen-bond acceptors (Lipinski definition) is 5. The van der Waals surface area contributed by atoms with E-state index in [1.807, 2.05) is 12.1 Å². The van der Waals surface area contributed by atoms with Crippen molar-refractivity contribution in [2.45, 2.75) is 32.2 Å². The molecule has 1 aliphatic rings. The molecular weight excluding hydrogens is 370 g/mol. The Hall–Kier alpha value is -3.29. The fraction of sp³-hybridized carbons (Fsp3) is 0.381. The molecule has 1 aromatic heterocycles. The summed E-state index contributed by atoms with van der Waals surface area (Å²) in [6.07, 6.45) is 6.23. The average molecular weight is 397 g/mol. The van der Waals surface area contributed by atoms with Crippen molar-refractivity contribution in [3.05, 3.63) is 48.2 Å². The molecule has 0 radical (unpaired) electrons. The predicted octanol–water partition coefficient (Wildman–Crippen LogP) is 3.96. The van der Waals surface area contributed by atoms with Crippen molar-refractivity contribution in [1.82, 2.24) is 10.3 Å².